The molecule has 1 aromatic carbocycles. The summed E-state index contributed by atoms with van der Waals surface area (Å²) in [7, 11) is 0. The van der Waals surface area contributed by atoms with Crippen LogP contribution in [0, 0.1) is 6.92 Å². The monoisotopic (exact) mass is 256 g/mol. The Labute approximate surface area is 111 Å². The number of aryl methyl sites for hydroxylation is 1. The van der Waals surface area contributed by atoms with E-state index in [1.54, 1.807) is 4.68 Å². The van der Waals surface area contributed by atoms with Gasteiger partial charge in [0.1, 0.15) is 5.41 Å². The van der Waals surface area contributed by atoms with Crippen molar-refractivity contribution >= 4 is 5.97 Å². The van der Waals surface area contributed by atoms with Crippen LogP contribution in [0.4, 0.5) is 0 Å². The summed E-state index contributed by atoms with van der Waals surface area (Å²) in [6, 6.07) is 9.84. The van der Waals surface area contributed by atoms with Crippen molar-refractivity contribution in [2.45, 2.75) is 31.6 Å². The molecular formula is C15H16N2O2. The summed E-state index contributed by atoms with van der Waals surface area (Å²) in [5.41, 5.74) is 2.07. The van der Waals surface area contributed by atoms with E-state index in [1.807, 2.05) is 43.5 Å². The third kappa shape index (κ3) is 1.84. The van der Waals surface area contributed by atoms with Gasteiger partial charge in [0, 0.05) is 6.20 Å². The van der Waals surface area contributed by atoms with Crippen LogP contribution < -0.4 is 0 Å². The SMILES string of the molecule is Cc1ccc(-n2ccc(C3(C(=O)O)CCC3)n2)cc1. The maximum absolute atomic E-state index is 11.4. The summed E-state index contributed by atoms with van der Waals surface area (Å²) in [5.74, 6) is -0.757. The van der Waals surface area contributed by atoms with Gasteiger partial charge in [-0.2, -0.15) is 5.10 Å². The third-order valence-corrected chi connectivity index (χ3v) is 3.99. The molecule has 1 N–H and O–H groups in total. The van der Waals surface area contributed by atoms with Crippen LogP contribution in [0.15, 0.2) is 36.5 Å². The maximum atomic E-state index is 11.4. The molecule has 1 aromatic heterocycles. The molecule has 4 heteroatoms. The Morgan fingerprint density at radius 1 is 1.26 bits per heavy atom. The van der Waals surface area contributed by atoms with E-state index in [2.05, 4.69) is 5.10 Å². The first-order valence-electron chi connectivity index (χ1n) is 6.48. The van der Waals surface area contributed by atoms with Gasteiger partial charge in [0.05, 0.1) is 11.4 Å². The molecule has 0 bridgehead atoms. The Hall–Kier alpha value is -2.10. The average Bonchev–Trinajstić information content (AvgIpc) is 2.77. The minimum Gasteiger partial charge on any atom is -0.481 e. The Kier molecular flexibility index (Phi) is 2.66. The largest absolute Gasteiger partial charge is 0.481 e. The standard InChI is InChI=1S/C15H16N2O2/c1-11-3-5-12(6-4-11)17-10-7-13(16-17)15(14(18)19)8-2-9-15/h3-7,10H,2,8-9H2,1H3,(H,18,19). The van der Waals surface area contributed by atoms with Crippen molar-refractivity contribution in [1.29, 1.82) is 0 Å². The molecule has 3 rings (SSSR count). The first-order chi connectivity index (χ1) is 9.12. The van der Waals surface area contributed by atoms with Gasteiger partial charge >= 0.3 is 5.97 Å². The van der Waals surface area contributed by atoms with Gasteiger partial charge in [-0.3, -0.25) is 4.79 Å². The lowest BCUT2D eigenvalue weighted by Crippen LogP contribution is -2.42. The van der Waals surface area contributed by atoms with Crippen molar-refractivity contribution in [1.82, 2.24) is 9.78 Å². The summed E-state index contributed by atoms with van der Waals surface area (Å²) >= 11 is 0. The highest BCUT2D eigenvalue weighted by atomic mass is 16.4. The van der Waals surface area contributed by atoms with Crippen molar-refractivity contribution in [3.05, 3.63) is 47.8 Å². The predicted octanol–water partition coefficient (Wildman–Crippen LogP) is 2.69. The predicted molar refractivity (Wildman–Crippen MR) is 71.5 cm³/mol. The molecule has 4 nitrogen and oxygen atoms in total. The quantitative estimate of drug-likeness (QED) is 0.918. The van der Waals surface area contributed by atoms with Crippen molar-refractivity contribution in [2.75, 3.05) is 0 Å². The van der Waals surface area contributed by atoms with Crippen LogP contribution in [0.1, 0.15) is 30.5 Å². The molecule has 1 aliphatic rings. The fraction of sp³-hybridized carbons (Fsp3) is 0.333. The maximum Gasteiger partial charge on any atom is 0.315 e. The van der Waals surface area contributed by atoms with E-state index in [9.17, 15) is 9.90 Å². The minimum atomic E-state index is -0.757. The fourth-order valence-corrected chi connectivity index (χ4v) is 2.53. The number of hydrogen-bond acceptors (Lipinski definition) is 2. The van der Waals surface area contributed by atoms with Crippen LogP contribution in [0.25, 0.3) is 5.69 Å². The second kappa shape index (κ2) is 4.23. The van der Waals surface area contributed by atoms with Gasteiger partial charge in [-0.15, -0.1) is 0 Å². The summed E-state index contributed by atoms with van der Waals surface area (Å²) in [6.45, 7) is 2.03. The number of carboxylic acids is 1. The number of nitrogens with zero attached hydrogens (tertiary/aromatic N) is 2. The van der Waals surface area contributed by atoms with Gasteiger partial charge in [-0.1, -0.05) is 24.1 Å². The summed E-state index contributed by atoms with van der Waals surface area (Å²) in [4.78, 5) is 11.4. The van der Waals surface area contributed by atoms with Crippen molar-refractivity contribution < 1.29 is 9.90 Å². The van der Waals surface area contributed by atoms with E-state index < -0.39 is 11.4 Å². The van der Waals surface area contributed by atoms with E-state index in [-0.39, 0.29) is 0 Å². The van der Waals surface area contributed by atoms with Crippen LogP contribution in [0.3, 0.4) is 0 Å². The first-order valence-corrected chi connectivity index (χ1v) is 6.48. The van der Waals surface area contributed by atoms with Crippen molar-refractivity contribution in [2.24, 2.45) is 0 Å². The molecule has 1 fully saturated rings. The summed E-state index contributed by atoms with van der Waals surface area (Å²) in [5, 5.41) is 13.9. The molecule has 98 valence electrons. The number of carboxylic acid groups (broad SMARTS) is 1. The van der Waals surface area contributed by atoms with Gasteiger partial charge in [-0.25, -0.2) is 4.68 Å². The highest BCUT2D eigenvalue weighted by Gasteiger charge is 2.47. The van der Waals surface area contributed by atoms with Gasteiger partial charge in [-0.05, 0) is 38.0 Å². The van der Waals surface area contributed by atoms with Crippen molar-refractivity contribution in [3.63, 3.8) is 0 Å². The second-order valence-electron chi connectivity index (χ2n) is 5.22. The Balaban J connectivity index is 1.95. The fourth-order valence-electron chi connectivity index (χ4n) is 2.53. The van der Waals surface area contributed by atoms with Crippen LogP contribution >= 0.6 is 0 Å². The molecule has 0 saturated heterocycles. The number of aliphatic carboxylic acids is 1. The number of hydrogen-bond donors (Lipinski definition) is 1. The molecule has 0 aliphatic heterocycles. The molecular weight excluding hydrogens is 240 g/mol. The minimum absolute atomic E-state index is 0.673. The normalized spacial score (nSPS) is 16.9. The first kappa shape index (κ1) is 12.0. The highest BCUT2D eigenvalue weighted by Crippen LogP contribution is 2.43. The Bertz CT molecular complexity index is 609. The number of benzene rings is 1. The van der Waals surface area contributed by atoms with E-state index in [4.69, 9.17) is 0 Å². The van der Waals surface area contributed by atoms with E-state index in [0.29, 0.717) is 18.5 Å². The van der Waals surface area contributed by atoms with E-state index in [1.165, 1.54) is 5.56 Å². The van der Waals surface area contributed by atoms with Crippen LogP contribution in [-0.4, -0.2) is 20.9 Å². The van der Waals surface area contributed by atoms with Crippen molar-refractivity contribution in [3.8, 4) is 5.69 Å². The molecule has 2 aromatic rings. The lowest BCUT2D eigenvalue weighted by molar-refractivity contribution is -0.147. The van der Waals surface area contributed by atoms with E-state index in [0.717, 1.165) is 12.1 Å². The Morgan fingerprint density at radius 2 is 1.95 bits per heavy atom. The lowest BCUT2D eigenvalue weighted by atomic mass is 9.67. The van der Waals surface area contributed by atoms with Gasteiger partial charge in [0.25, 0.3) is 0 Å². The van der Waals surface area contributed by atoms with Gasteiger partial charge in [0.2, 0.25) is 0 Å². The molecule has 0 radical (unpaired) electrons. The smallest absolute Gasteiger partial charge is 0.315 e. The molecule has 0 atom stereocenters. The second-order valence-corrected chi connectivity index (χ2v) is 5.22. The number of carbonyl (C=O) groups is 1. The average molecular weight is 256 g/mol. The molecule has 0 amide bonds. The molecule has 1 heterocycles. The molecule has 1 aliphatic carbocycles. The number of rotatable bonds is 3. The molecule has 1 saturated carbocycles. The molecule has 0 unspecified atom stereocenters. The lowest BCUT2D eigenvalue weighted by Gasteiger charge is -2.35. The zero-order chi connectivity index (χ0) is 13.5. The van der Waals surface area contributed by atoms with E-state index >= 15 is 0 Å². The zero-order valence-electron chi connectivity index (χ0n) is 10.8. The Morgan fingerprint density at radius 3 is 2.47 bits per heavy atom. The van der Waals surface area contributed by atoms with Crippen LogP contribution in [0.2, 0.25) is 0 Å². The summed E-state index contributed by atoms with van der Waals surface area (Å²) < 4.78 is 1.75. The van der Waals surface area contributed by atoms with Crippen LogP contribution in [-0.2, 0) is 10.2 Å². The highest BCUT2D eigenvalue weighted by molar-refractivity contribution is 5.81. The number of aromatic nitrogens is 2. The molecule has 19 heavy (non-hydrogen) atoms. The summed E-state index contributed by atoms with van der Waals surface area (Å²) in [6.07, 6.45) is 4.17. The van der Waals surface area contributed by atoms with Crippen LogP contribution in [0.5, 0.6) is 0 Å². The van der Waals surface area contributed by atoms with Gasteiger partial charge in [0.15, 0.2) is 0 Å². The van der Waals surface area contributed by atoms with Gasteiger partial charge < -0.3 is 5.11 Å². The topological polar surface area (TPSA) is 55.1 Å². The molecule has 0 spiro atoms. The third-order valence-electron chi connectivity index (χ3n) is 3.99. The zero-order valence-corrected chi connectivity index (χ0v) is 10.8.